The number of aryl methyl sites for hydroxylation is 2. The summed E-state index contributed by atoms with van der Waals surface area (Å²) in [6.07, 6.45) is 0. The first-order valence-electron chi connectivity index (χ1n) is 16.3. The van der Waals surface area contributed by atoms with Crippen molar-refractivity contribution in [3.63, 3.8) is 0 Å². The molecule has 0 saturated carbocycles. The standard InChI is InChI=1S/C41H31N7O4.Cu/c1-24-9-8-13-29(19-24)43-44-31-17-18-35(36(49)23-31)46-47-37-25(2)20-27-15-16-30(22-33(27)39(37)50)45-48-38-32-14-7-6-10-26(32)21-34(40(38)51)41(52)42-28-11-4-3-5-12-28;/h3-23,49-51H,1-2H3,(H,42,52);. The van der Waals surface area contributed by atoms with Gasteiger partial charge in [0, 0.05) is 39.6 Å². The maximum Gasteiger partial charge on any atom is 0.259 e. The Morgan fingerprint density at radius 1 is 0.547 bits per heavy atom. The number of rotatable bonds is 8. The topological polar surface area (TPSA) is 164 Å². The molecule has 0 unspecified atom stereocenters. The number of hydrogen-bond acceptors (Lipinski definition) is 10. The van der Waals surface area contributed by atoms with Crippen molar-refractivity contribution < 1.29 is 37.2 Å². The average Bonchev–Trinajstić information content (AvgIpc) is 3.14. The summed E-state index contributed by atoms with van der Waals surface area (Å²) in [4.78, 5) is 13.2. The molecule has 0 aliphatic heterocycles. The van der Waals surface area contributed by atoms with Crippen molar-refractivity contribution in [2.45, 2.75) is 13.8 Å². The van der Waals surface area contributed by atoms with Gasteiger partial charge >= 0.3 is 0 Å². The molecule has 1 radical (unpaired) electrons. The Morgan fingerprint density at radius 2 is 1.21 bits per heavy atom. The molecule has 7 rings (SSSR count). The van der Waals surface area contributed by atoms with Crippen LogP contribution < -0.4 is 5.32 Å². The van der Waals surface area contributed by atoms with E-state index in [0.29, 0.717) is 44.5 Å². The molecule has 0 aromatic heterocycles. The smallest absolute Gasteiger partial charge is 0.259 e. The van der Waals surface area contributed by atoms with Crippen molar-refractivity contribution in [1.29, 1.82) is 0 Å². The van der Waals surface area contributed by atoms with Gasteiger partial charge < -0.3 is 20.6 Å². The zero-order valence-corrected chi connectivity index (χ0v) is 29.3. The monoisotopic (exact) mass is 748 g/mol. The van der Waals surface area contributed by atoms with E-state index in [1.54, 1.807) is 73.7 Å². The number of fused-ring (bicyclic) bond motifs is 2. The molecule has 0 fully saturated rings. The van der Waals surface area contributed by atoms with Crippen molar-refractivity contribution in [3.8, 4) is 17.2 Å². The van der Waals surface area contributed by atoms with Crippen LogP contribution >= 0.6 is 0 Å². The summed E-state index contributed by atoms with van der Waals surface area (Å²) in [5.41, 5.74) is 4.38. The maximum atomic E-state index is 13.2. The number of nitrogens with zero attached hydrogens (tertiary/aromatic N) is 6. The van der Waals surface area contributed by atoms with Crippen LogP contribution in [0.2, 0.25) is 0 Å². The molecule has 0 atom stereocenters. The Balaban J connectivity index is 0.00000481. The molecule has 53 heavy (non-hydrogen) atoms. The number of anilines is 1. The second kappa shape index (κ2) is 15.6. The van der Waals surface area contributed by atoms with E-state index in [0.717, 1.165) is 10.9 Å². The summed E-state index contributed by atoms with van der Waals surface area (Å²) in [6, 6.07) is 37.1. The van der Waals surface area contributed by atoms with E-state index >= 15 is 0 Å². The molecule has 0 saturated heterocycles. The van der Waals surface area contributed by atoms with Gasteiger partial charge in [-0.2, -0.15) is 15.3 Å². The van der Waals surface area contributed by atoms with Crippen molar-refractivity contribution >= 4 is 67.3 Å². The second-order valence-corrected chi connectivity index (χ2v) is 12.1. The molecule has 0 heterocycles. The normalized spacial score (nSPS) is 11.5. The molecule has 0 aliphatic rings. The molecule has 12 heteroatoms. The molecule has 11 nitrogen and oxygen atoms in total. The van der Waals surface area contributed by atoms with E-state index in [1.807, 2.05) is 61.5 Å². The van der Waals surface area contributed by atoms with Crippen LogP contribution in [-0.2, 0) is 17.1 Å². The number of amides is 1. The SMILES string of the molecule is Cc1cccc(N=Nc2ccc(N=Nc3c(C)cc4ccc(N=Nc5c(O)c(C(=O)Nc6ccccc6)cc6ccccc56)cc4c3O)c(O)c2)c1.[Cu]. The van der Waals surface area contributed by atoms with Crippen LogP contribution in [0.15, 0.2) is 158 Å². The largest absolute Gasteiger partial charge is 0.506 e. The Morgan fingerprint density at radius 3 is 1.98 bits per heavy atom. The molecule has 265 valence electrons. The van der Waals surface area contributed by atoms with E-state index in [4.69, 9.17) is 0 Å². The van der Waals surface area contributed by atoms with Crippen LogP contribution in [-0.4, -0.2) is 21.2 Å². The first-order chi connectivity index (χ1) is 25.2. The number of hydrogen-bond donors (Lipinski definition) is 4. The second-order valence-electron chi connectivity index (χ2n) is 12.1. The summed E-state index contributed by atoms with van der Waals surface area (Å²) < 4.78 is 0. The van der Waals surface area contributed by atoms with Gasteiger partial charge in [0.1, 0.15) is 22.8 Å². The average molecular weight is 749 g/mol. The summed E-state index contributed by atoms with van der Waals surface area (Å²) >= 11 is 0. The Kier molecular flexibility index (Phi) is 10.6. The minimum atomic E-state index is -0.494. The minimum absolute atomic E-state index is 0. The maximum absolute atomic E-state index is 13.2. The van der Waals surface area contributed by atoms with Gasteiger partial charge in [-0.3, -0.25) is 4.79 Å². The van der Waals surface area contributed by atoms with Crippen molar-refractivity contribution in [2.75, 3.05) is 5.32 Å². The number of benzene rings is 7. The number of phenolic OH excluding ortho intramolecular Hbond substituents is 3. The van der Waals surface area contributed by atoms with Crippen molar-refractivity contribution in [1.82, 2.24) is 0 Å². The third-order valence-corrected chi connectivity index (χ3v) is 8.30. The summed E-state index contributed by atoms with van der Waals surface area (Å²) in [5.74, 6) is -1.09. The quantitative estimate of drug-likeness (QED) is 0.0898. The number of azo groups is 3. The number of carbonyl (C=O) groups is 1. The number of aromatic hydroxyl groups is 3. The molecule has 7 aromatic rings. The zero-order chi connectivity index (χ0) is 36.2. The van der Waals surface area contributed by atoms with Crippen LogP contribution in [0.5, 0.6) is 17.2 Å². The van der Waals surface area contributed by atoms with Gasteiger partial charge in [0.2, 0.25) is 0 Å². The van der Waals surface area contributed by atoms with E-state index < -0.39 is 5.91 Å². The van der Waals surface area contributed by atoms with Gasteiger partial charge in [0.15, 0.2) is 11.5 Å². The van der Waals surface area contributed by atoms with Gasteiger partial charge in [0.25, 0.3) is 5.91 Å². The number of para-hydroxylation sites is 1. The summed E-state index contributed by atoms with van der Waals surface area (Å²) in [5, 5.41) is 64.2. The Labute approximate surface area is 314 Å². The third kappa shape index (κ3) is 7.94. The van der Waals surface area contributed by atoms with Gasteiger partial charge in [0.05, 0.1) is 22.6 Å². The van der Waals surface area contributed by atoms with Crippen LogP contribution in [0.25, 0.3) is 21.5 Å². The van der Waals surface area contributed by atoms with Gasteiger partial charge in [-0.05, 0) is 96.4 Å². The minimum Gasteiger partial charge on any atom is -0.506 e. The van der Waals surface area contributed by atoms with Crippen LogP contribution in [0.3, 0.4) is 0 Å². The predicted octanol–water partition coefficient (Wildman–Crippen LogP) is 12.2. The first-order valence-corrected chi connectivity index (χ1v) is 16.3. The fourth-order valence-corrected chi connectivity index (χ4v) is 5.67. The first kappa shape index (κ1) is 36.1. The molecule has 4 N–H and O–H groups in total. The van der Waals surface area contributed by atoms with Crippen molar-refractivity contribution in [2.24, 2.45) is 30.7 Å². The summed E-state index contributed by atoms with van der Waals surface area (Å²) in [7, 11) is 0. The van der Waals surface area contributed by atoms with E-state index in [-0.39, 0.29) is 56.9 Å². The molecule has 1 amide bonds. The number of carbonyl (C=O) groups excluding carboxylic acids is 1. The molecular formula is C41H31CuN7O4. The third-order valence-electron chi connectivity index (χ3n) is 8.30. The predicted molar refractivity (Wildman–Crippen MR) is 202 cm³/mol. The van der Waals surface area contributed by atoms with E-state index in [9.17, 15) is 20.1 Å². The van der Waals surface area contributed by atoms with E-state index in [1.165, 1.54) is 6.07 Å². The zero-order valence-electron chi connectivity index (χ0n) is 28.4. The van der Waals surface area contributed by atoms with Gasteiger partial charge in [-0.15, -0.1) is 15.3 Å². The molecule has 0 bridgehead atoms. The molecule has 0 spiro atoms. The number of phenols is 3. The Hall–Kier alpha value is -6.75. The van der Waals surface area contributed by atoms with Gasteiger partial charge in [-0.1, -0.05) is 60.7 Å². The van der Waals surface area contributed by atoms with Crippen LogP contribution in [0.1, 0.15) is 21.5 Å². The fraction of sp³-hybridized carbons (Fsp3) is 0.0488. The van der Waals surface area contributed by atoms with Crippen LogP contribution in [0.4, 0.5) is 39.8 Å². The number of nitrogens with one attached hydrogen (secondary N) is 1. The molecular weight excluding hydrogens is 718 g/mol. The molecule has 7 aromatic carbocycles. The summed E-state index contributed by atoms with van der Waals surface area (Å²) in [6.45, 7) is 3.76. The van der Waals surface area contributed by atoms with Crippen LogP contribution in [0, 0.1) is 13.8 Å². The van der Waals surface area contributed by atoms with Gasteiger partial charge in [-0.25, -0.2) is 0 Å². The Bertz CT molecular complexity index is 2590. The van der Waals surface area contributed by atoms with Crippen molar-refractivity contribution in [3.05, 3.63) is 144 Å². The fourth-order valence-electron chi connectivity index (χ4n) is 5.67. The van der Waals surface area contributed by atoms with E-state index in [2.05, 4.69) is 36.0 Å². The molecule has 0 aliphatic carbocycles.